The zero-order valence-electron chi connectivity index (χ0n) is 12.6. The van der Waals surface area contributed by atoms with Crippen LogP contribution in [0.1, 0.15) is 17.9 Å². The van der Waals surface area contributed by atoms with Crippen LogP contribution in [-0.2, 0) is 0 Å². The summed E-state index contributed by atoms with van der Waals surface area (Å²) >= 11 is 0. The molecule has 0 aliphatic heterocycles. The van der Waals surface area contributed by atoms with E-state index in [-0.39, 0.29) is 12.1 Å². The lowest BCUT2D eigenvalue weighted by molar-refractivity contribution is 0.251. The number of urea groups is 1. The van der Waals surface area contributed by atoms with Crippen molar-refractivity contribution in [2.24, 2.45) is 0 Å². The standard InChI is InChI=1S/C19H17N3O/c23-19(22-17-12-15(17)13-6-2-1-3-7-13)21-16-10-4-8-14-9-5-11-20-18(14)16/h1-11,15,17H,12H2,(H2,21,22,23). The number of aromatic nitrogens is 1. The Morgan fingerprint density at radius 2 is 1.83 bits per heavy atom. The first-order chi connectivity index (χ1) is 11.3. The summed E-state index contributed by atoms with van der Waals surface area (Å²) in [4.78, 5) is 16.6. The molecule has 4 heteroatoms. The minimum Gasteiger partial charge on any atom is -0.334 e. The molecule has 1 saturated carbocycles. The molecule has 3 aromatic rings. The zero-order chi connectivity index (χ0) is 15.6. The van der Waals surface area contributed by atoms with Crippen LogP contribution in [-0.4, -0.2) is 17.1 Å². The van der Waals surface area contributed by atoms with E-state index in [0.29, 0.717) is 5.92 Å². The van der Waals surface area contributed by atoms with Crippen LogP contribution in [0.5, 0.6) is 0 Å². The largest absolute Gasteiger partial charge is 0.334 e. The van der Waals surface area contributed by atoms with Gasteiger partial charge in [0.1, 0.15) is 0 Å². The maximum atomic E-state index is 12.2. The third kappa shape index (κ3) is 2.88. The Morgan fingerprint density at radius 3 is 2.70 bits per heavy atom. The number of rotatable bonds is 3. The average Bonchev–Trinajstić information content (AvgIpc) is 3.35. The molecular weight excluding hydrogens is 286 g/mol. The lowest BCUT2D eigenvalue weighted by Crippen LogP contribution is -2.31. The van der Waals surface area contributed by atoms with Gasteiger partial charge in [-0.15, -0.1) is 0 Å². The Morgan fingerprint density at radius 1 is 1.00 bits per heavy atom. The number of amides is 2. The molecule has 114 valence electrons. The first-order valence-corrected chi connectivity index (χ1v) is 7.77. The monoisotopic (exact) mass is 303 g/mol. The topological polar surface area (TPSA) is 54.0 Å². The Labute approximate surface area is 134 Å². The Hall–Kier alpha value is -2.88. The zero-order valence-corrected chi connectivity index (χ0v) is 12.6. The van der Waals surface area contributed by atoms with Crippen molar-refractivity contribution < 1.29 is 4.79 Å². The summed E-state index contributed by atoms with van der Waals surface area (Å²) in [5.74, 6) is 0.424. The van der Waals surface area contributed by atoms with Crippen molar-refractivity contribution in [1.82, 2.24) is 10.3 Å². The molecule has 2 atom stereocenters. The quantitative estimate of drug-likeness (QED) is 0.770. The lowest BCUT2D eigenvalue weighted by atomic mass is 10.1. The number of hydrogen-bond donors (Lipinski definition) is 2. The van der Waals surface area contributed by atoms with E-state index < -0.39 is 0 Å². The van der Waals surface area contributed by atoms with Crippen molar-refractivity contribution in [3.8, 4) is 0 Å². The van der Waals surface area contributed by atoms with Crippen LogP contribution >= 0.6 is 0 Å². The first kappa shape index (κ1) is 13.8. The Kier molecular flexibility index (Phi) is 3.42. The fourth-order valence-corrected chi connectivity index (χ4v) is 2.96. The second-order valence-electron chi connectivity index (χ2n) is 5.84. The molecule has 1 aromatic heterocycles. The molecule has 2 amide bonds. The number of carbonyl (C=O) groups is 1. The second kappa shape index (κ2) is 5.72. The number of para-hydroxylation sites is 1. The van der Waals surface area contributed by atoms with Gasteiger partial charge in [-0.3, -0.25) is 4.98 Å². The van der Waals surface area contributed by atoms with Gasteiger partial charge in [0.2, 0.25) is 0 Å². The fourth-order valence-electron chi connectivity index (χ4n) is 2.96. The molecule has 2 N–H and O–H groups in total. The van der Waals surface area contributed by atoms with Gasteiger partial charge in [-0.1, -0.05) is 48.5 Å². The van der Waals surface area contributed by atoms with Crippen LogP contribution in [0.4, 0.5) is 10.5 Å². The van der Waals surface area contributed by atoms with Crippen LogP contribution in [0, 0.1) is 0 Å². The predicted molar refractivity (Wildman–Crippen MR) is 91.5 cm³/mol. The van der Waals surface area contributed by atoms with Crippen LogP contribution < -0.4 is 10.6 Å². The number of fused-ring (bicyclic) bond motifs is 1. The first-order valence-electron chi connectivity index (χ1n) is 7.77. The van der Waals surface area contributed by atoms with E-state index in [2.05, 4.69) is 27.8 Å². The molecule has 2 unspecified atom stereocenters. The van der Waals surface area contributed by atoms with E-state index in [9.17, 15) is 4.79 Å². The number of nitrogens with zero attached hydrogens (tertiary/aromatic N) is 1. The van der Waals surface area contributed by atoms with E-state index in [1.807, 2.05) is 48.5 Å². The summed E-state index contributed by atoms with van der Waals surface area (Å²) in [5, 5.41) is 6.97. The number of anilines is 1. The van der Waals surface area contributed by atoms with Gasteiger partial charge < -0.3 is 10.6 Å². The lowest BCUT2D eigenvalue weighted by Gasteiger charge is -2.09. The highest BCUT2D eigenvalue weighted by Gasteiger charge is 2.39. The average molecular weight is 303 g/mol. The molecule has 4 nitrogen and oxygen atoms in total. The molecule has 1 aliphatic rings. The minimum absolute atomic E-state index is 0.174. The van der Waals surface area contributed by atoms with E-state index in [0.717, 1.165) is 23.0 Å². The predicted octanol–water partition coefficient (Wildman–Crippen LogP) is 3.91. The Bertz CT molecular complexity index is 842. The van der Waals surface area contributed by atoms with E-state index in [4.69, 9.17) is 0 Å². The highest BCUT2D eigenvalue weighted by atomic mass is 16.2. The van der Waals surface area contributed by atoms with Gasteiger partial charge in [-0.2, -0.15) is 0 Å². The van der Waals surface area contributed by atoms with Crippen molar-refractivity contribution in [3.63, 3.8) is 0 Å². The highest BCUT2D eigenvalue weighted by Crippen LogP contribution is 2.40. The van der Waals surface area contributed by atoms with E-state index in [1.54, 1.807) is 6.20 Å². The van der Waals surface area contributed by atoms with Crippen LogP contribution in [0.2, 0.25) is 0 Å². The molecule has 0 saturated heterocycles. The van der Waals surface area contributed by atoms with Gasteiger partial charge in [-0.05, 0) is 24.1 Å². The molecule has 0 spiro atoms. The van der Waals surface area contributed by atoms with Crippen LogP contribution in [0.3, 0.4) is 0 Å². The third-order valence-electron chi connectivity index (χ3n) is 4.22. The number of nitrogens with one attached hydrogen (secondary N) is 2. The van der Waals surface area contributed by atoms with Gasteiger partial charge in [0.25, 0.3) is 0 Å². The second-order valence-corrected chi connectivity index (χ2v) is 5.84. The molecule has 1 heterocycles. The third-order valence-corrected chi connectivity index (χ3v) is 4.22. The van der Waals surface area contributed by atoms with Gasteiger partial charge >= 0.3 is 6.03 Å². The molecule has 0 radical (unpaired) electrons. The summed E-state index contributed by atoms with van der Waals surface area (Å²) in [6.45, 7) is 0. The number of carbonyl (C=O) groups excluding carboxylic acids is 1. The molecule has 4 rings (SSSR count). The molecule has 23 heavy (non-hydrogen) atoms. The van der Waals surface area contributed by atoms with Crippen molar-refractivity contribution in [3.05, 3.63) is 72.4 Å². The summed E-state index contributed by atoms with van der Waals surface area (Å²) in [7, 11) is 0. The molecular formula is C19H17N3O. The van der Waals surface area contributed by atoms with E-state index >= 15 is 0 Å². The van der Waals surface area contributed by atoms with Crippen molar-refractivity contribution in [1.29, 1.82) is 0 Å². The number of hydrogen-bond acceptors (Lipinski definition) is 2. The SMILES string of the molecule is O=C(Nc1cccc2cccnc12)NC1CC1c1ccccc1. The molecule has 1 fully saturated rings. The highest BCUT2D eigenvalue weighted by molar-refractivity contribution is 5.99. The van der Waals surface area contributed by atoms with Crippen molar-refractivity contribution in [2.45, 2.75) is 18.4 Å². The molecule has 0 bridgehead atoms. The Balaban J connectivity index is 1.43. The van der Waals surface area contributed by atoms with Gasteiger partial charge in [0.15, 0.2) is 0 Å². The van der Waals surface area contributed by atoms with Crippen LogP contribution in [0.15, 0.2) is 66.9 Å². The maximum absolute atomic E-state index is 12.2. The van der Waals surface area contributed by atoms with Crippen molar-refractivity contribution in [2.75, 3.05) is 5.32 Å². The number of pyridine rings is 1. The smallest absolute Gasteiger partial charge is 0.319 e. The van der Waals surface area contributed by atoms with E-state index in [1.165, 1.54) is 5.56 Å². The normalized spacial score (nSPS) is 19.3. The minimum atomic E-state index is -0.174. The summed E-state index contributed by atoms with van der Waals surface area (Å²) < 4.78 is 0. The van der Waals surface area contributed by atoms with Gasteiger partial charge in [0, 0.05) is 23.5 Å². The summed E-state index contributed by atoms with van der Waals surface area (Å²) in [5.41, 5.74) is 2.82. The summed E-state index contributed by atoms with van der Waals surface area (Å²) in [6, 6.07) is 20.0. The van der Waals surface area contributed by atoms with Gasteiger partial charge in [-0.25, -0.2) is 4.79 Å². The molecule has 1 aliphatic carbocycles. The number of benzene rings is 2. The van der Waals surface area contributed by atoms with Crippen molar-refractivity contribution >= 4 is 22.6 Å². The van der Waals surface area contributed by atoms with Gasteiger partial charge in [0.05, 0.1) is 11.2 Å². The summed E-state index contributed by atoms with van der Waals surface area (Å²) in [6.07, 6.45) is 2.73. The molecule has 2 aromatic carbocycles. The maximum Gasteiger partial charge on any atom is 0.319 e. The fraction of sp³-hybridized carbons (Fsp3) is 0.158. The van der Waals surface area contributed by atoms with Crippen LogP contribution in [0.25, 0.3) is 10.9 Å².